The number of carbonyl (C=O) groups excluding carboxylic acids is 2. The first-order valence-electron chi connectivity index (χ1n) is 9.72. The van der Waals surface area contributed by atoms with Gasteiger partial charge in [-0.2, -0.15) is 4.80 Å². The number of anilines is 1. The third kappa shape index (κ3) is 5.40. The summed E-state index contributed by atoms with van der Waals surface area (Å²) in [7, 11) is 0. The van der Waals surface area contributed by atoms with Crippen LogP contribution in [0.25, 0.3) is 11.4 Å². The van der Waals surface area contributed by atoms with Crippen LogP contribution in [0.4, 0.5) is 5.69 Å². The van der Waals surface area contributed by atoms with Crippen molar-refractivity contribution in [2.45, 2.75) is 20.4 Å². The van der Waals surface area contributed by atoms with E-state index in [4.69, 9.17) is 5.73 Å². The van der Waals surface area contributed by atoms with Crippen LogP contribution in [0.5, 0.6) is 0 Å². The first-order valence-corrected chi connectivity index (χ1v) is 9.72. The van der Waals surface area contributed by atoms with Crippen molar-refractivity contribution in [1.29, 1.82) is 0 Å². The van der Waals surface area contributed by atoms with Crippen LogP contribution < -0.4 is 16.0 Å². The van der Waals surface area contributed by atoms with Crippen LogP contribution in [0.2, 0.25) is 0 Å². The number of benzene rings is 2. The lowest BCUT2D eigenvalue weighted by atomic mass is 10.1. The van der Waals surface area contributed by atoms with Gasteiger partial charge in [0.25, 0.3) is 0 Å². The Hall–Kier alpha value is -3.75. The molecule has 0 spiro atoms. The summed E-state index contributed by atoms with van der Waals surface area (Å²) in [5.74, 6) is -0.322. The molecular weight excluding hydrogens is 382 g/mol. The number of aryl methyl sites for hydroxylation is 1. The normalized spacial score (nSPS) is 10.6. The lowest BCUT2D eigenvalue weighted by Gasteiger charge is -2.23. The monoisotopic (exact) mass is 407 g/mol. The molecule has 2 amide bonds. The zero-order valence-corrected chi connectivity index (χ0v) is 17.1. The third-order valence-corrected chi connectivity index (χ3v) is 4.62. The van der Waals surface area contributed by atoms with Crippen molar-refractivity contribution in [3.63, 3.8) is 0 Å². The van der Waals surface area contributed by atoms with E-state index in [1.807, 2.05) is 6.07 Å². The van der Waals surface area contributed by atoms with Gasteiger partial charge in [-0.25, -0.2) is 0 Å². The fraction of sp³-hybridized carbons (Fsp3) is 0.286. The van der Waals surface area contributed by atoms with E-state index in [2.05, 4.69) is 57.7 Å². The van der Waals surface area contributed by atoms with E-state index in [0.717, 1.165) is 12.2 Å². The molecule has 0 aliphatic heterocycles. The van der Waals surface area contributed by atoms with E-state index in [-0.39, 0.29) is 12.5 Å². The van der Waals surface area contributed by atoms with Gasteiger partial charge in [0, 0.05) is 36.4 Å². The lowest BCUT2D eigenvalue weighted by Crippen LogP contribution is -2.36. The maximum atomic E-state index is 12.2. The number of aromatic nitrogens is 4. The fourth-order valence-electron chi connectivity index (χ4n) is 3.02. The second-order valence-electron chi connectivity index (χ2n) is 6.85. The van der Waals surface area contributed by atoms with E-state index in [0.29, 0.717) is 30.0 Å². The molecule has 0 saturated carbocycles. The van der Waals surface area contributed by atoms with Crippen LogP contribution in [0, 0.1) is 6.92 Å². The van der Waals surface area contributed by atoms with E-state index in [9.17, 15) is 9.59 Å². The summed E-state index contributed by atoms with van der Waals surface area (Å²) in [6.07, 6.45) is 0. The molecule has 156 valence electrons. The van der Waals surface area contributed by atoms with Gasteiger partial charge < -0.3 is 16.0 Å². The number of tetrazole rings is 1. The van der Waals surface area contributed by atoms with Crippen molar-refractivity contribution in [3.8, 4) is 11.4 Å². The van der Waals surface area contributed by atoms with E-state index >= 15 is 0 Å². The molecular formula is C21H25N7O2. The maximum absolute atomic E-state index is 12.2. The summed E-state index contributed by atoms with van der Waals surface area (Å²) in [6.45, 7) is 6.18. The van der Waals surface area contributed by atoms with E-state index in [1.54, 1.807) is 24.3 Å². The Labute approximate surface area is 174 Å². The van der Waals surface area contributed by atoms with Crippen LogP contribution in [-0.4, -0.2) is 51.7 Å². The van der Waals surface area contributed by atoms with Crippen molar-refractivity contribution in [2.24, 2.45) is 5.73 Å². The Bertz CT molecular complexity index is 1010. The quantitative estimate of drug-likeness (QED) is 0.553. The lowest BCUT2D eigenvalue weighted by molar-refractivity contribution is -0.122. The molecule has 0 aliphatic carbocycles. The predicted octanol–water partition coefficient (Wildman–Crippen LogP) is 1.39. The van der Waals surface area contributed by atoms with Gasteiger partial charge in [-0.05, 0) is 48.9 Å². The van der Waals surface area contributed by atoms with Gasteiger partial charge in [-0.15, -0.1) is 10.2 Å². The number of carbonyl (C=O) groups is 2. The molecule has 0 unspecified atom stereocenters. The van der Waals surface area contributed by atoms with Crippen molar-refractivity contribution >= 4 is 17.5 Å². The topological polar surface area (TPSA) is 119 Å². The van der Waals surface area contributed by atoms with Crippen LogP contribution in [0.15, 0.2) is 48.5 Å². The number of nitrogens with one attached hydrogen (secondary N) is 1. The van der Waals surface area contributed by atoms with Gasteiger partial charge >= 0.3 is 0 Å². The van der Waals surface area contributed by atoms with Crippen LogP contribution >= 0.6 is 0 Å². The molecule has 0 atom stereocenters. The molecule has 0 saturated heterocycles. The van der Waals surface area contributed by atoms with Crippen LogP contribution in [0.3, 0.4) is 0 Å². The van der Waals surface area contributed by atoms with Crippen LogP contribution in [0.1, 0.15) is 22.8 Å². The average molecular weight is 407 g/mol. The minimum absolute atomic E-state index is 0.0249. The van der Waals surface area contributed by atoms with E-state index < -0.39 is 5.91 Å². The highest BCUT2D eigenvalue weighted by Crippen LogP contribution is 2.15. The molecule has 9 heteroatoms. The van der Waals surface area contributed by atoms with Crippen LogP contribution in [-0.2, 0) is 11.3 Å². The molecule has 0 radical (unpaired) electrons. The van der Waals surface area contributed by atoms with Gasteiger partial charge in [-0.3, -0.25) is 9.59 Å². The summed E-state index contributed by atoms with van der Waals surface area (Å²) >= 11 is 0. The Morgan fingerprint density at radius 1 is 1.17 bits per heavy atom. The Morgan fingerprint density at radius 2 is 1.93 bits per heavy atom. The smallest absolute Gasteiger partial charge is 0.248 e. The summed E-state index contributed by atoms with van der Waals surface area (Å²) in [5, 5.41) is 15.0. The molecule has 1 aromatic heterocycles. The minimum atomic E-state index is -0.501. The van der Waals surface area contributed by atoms with Crippen molar-refractivity contribution in [2.75, 3.05) is 24.5 Å². The van der Waals surface area contributed by atoms with Gasteiger partial charge in [0.1, 0.15) is 6.54 Å². The second-order valence-corrected chi connectivity index (χ2v) is 6.85. The number of amides is 2. The fourth-order valence-corrected chi connectivity index (χ4v) is 3.02. The molecule has 3 aromatic rings. The number of rotatable bonds is 9. The SMILES string of the molecule is CCN(CCNC(=O)Cn1nnc(-c2ccc(C(N)=O)cc2)n1)c1cccc(C)c1. The highest BCUT2D eigenvalue weighted by Gasteiger charge is 2.11. The predicted molar refractivity (Wildman–Crippen MR) is 114 cm³/mol. The number of primary amides is 1. The summed E-state index contributed by atoms with van der Waals surface area (Å²) in [6, 6.07) is 14.8. The Kier molecular flexibility index (Phi) is 6.74. The molecule has 0 fully saturated rings. The molecule has 2 aromatic carbocycles. The minimum Gasteiger partial charge on any atom is -0.370 e. The zero-order valence-electron chi connectivity index (χ0n) is 17.1. The first-order chi connectivity index (χ1) is 14.5. The average Bonchev–Trinajstić information content (AvgIpc) is 3.19. The molecule has 1 heterocycles. The Balaban J connectivity index is 1.51. The van der Waals surface area contributed by atoms with Gasteiger partial charge in [0.15, 0.2) is 0 Å². The third-order valence-electron chi connectivity index (χ3n) is 4.62. The highest BCUT2D eigenvalue weighted by atomic mass is 16.2. The maximum Gasteiger partial charge on any atom is 0.248 e. The largest absolute Gasteiger partial charge is 0.370 e. The Morgan fingerprint density at radius 3 is 2.60 bits per heavy atom. The number of likely N-dealkylation sites (N-methyl/N-ethyl adjacent to an activating group) is 1. The van der Waals surface area contributed by atoms with Crippen molar-refractivity contribution < 1.29 is 9.59 Å². The zero-order chi connectivity index (χ0) is 21.5. The molecule has 9 nitrogen and oxygen atoms in total. The van der Waals surface area contributed by atoms with Gasteiger partial charge in [-0.1, -0.05) is 24.3 Å². The molecule has 3 N–H and O–H groups in total. The van der Waals surface area contributed by atoms with Crippen molar-refractivity contribution in [1.82, 2.24) is 25.5 Å². The summed E-state index contributed by atoms with van der Waals surface area (Å²) < 4.78 is 0. The first kappa shape index (κ1) is 21.0. The van der Waals surface area contributed by atoms with Crippen molar-refractivity contribution in [3.05, 3.63) is 59.7 Å². The molecule has 30 heavy (non-hydrogen) atoms. The molecule has 3 rings (SSSR count). The number of nitrogens with two attached hydrogens (primary N) is 1. The molecule has 0 bridgehead atoms. The summed E-state index contributed by atoms with van der Waals surface area (Å²) in [4.78, 5) is 26.8. The highest BCUT2D eigenvalue weighted by molar-refractivity contribution is 5.93. The van der Waals surface area contributed by atoms with Gasteiger partial charge in [0.2, 0.25) is 17.6 Å². The number of hydrogen-bond donors (Lipinski definition) is 2. The second kappa shape index (κ2) is 9.64. The summed E-state index contributed by atoms with van der Waals surface area (Å²) in [5.41, 5.74) is 8.66. The standard InChI is InChI=1S/C21H25N7O2/c1-3-27(18-6-4-5-15(2)13-18)12-11-23-19(29)14-28-25-21(24-26-28)17-9-7-16(8-10-17)20(22)30/h4-10,13H,3,11-12,14H2,1-2H3,(H2,22,30)(H,23,29). The van der Waals surface area contributed by atoms with E-state index in [1.165, 1.54) is 10.4 Å². The number of hydrogen-bond acceptors (Lipinski definition) is 6. The molecule has 0 aliphatic rings. The number of nitrogens with zero attached hydrogens (tertiary/aromatic N) is 5. The van der Waals surface area contributed by atoms with Gasteiger partial charge in [0.05, 0.1) is 0 Å².